The zero-order valence-electron chi connectivity index (χ0n) is 15.4. The maximum absolute atomic E-state index is 12.2. The van der Waals surface area contributed by atoms with Crippen molar-refractivity contribution in [3.05, 3.63) is 59.7 Å². The molecule has 2 aromatic rings. The first-order chi connectivity index (χ1) is 13.2. The van der Waals surface area contributed by atoms with E-state index in [4.69, 9.17) is 9.47 Å². The summed E-state index contributed by atoms with van der Waals surface area (Å²) in [6, 6.07) is 15.2. The van der Waals surface area contributed by atoms with Crippen molar-refractivity contribution in [2.75, 3.05) is 20.3 Å². The van der Waals surface area contributed by atoms with Gasteiger partial charge in [0, 0.05) is 6.07 Å². The van der Waals surface area contributed by atoms with Gasteiger partial charge in [-0.25, -0.2) is 0 Å². The largest absolute Gasteiger partial charge is 0.497 e. The maximum atomic E-state index is 12.2. The molecule has 0 saturated heterocycles. The Morgan fingerprint density at radius 1 is 1.07 bits per heavy atom. The monoisotopic (exact) mass is 368 g/mol. The normalized spacial score (nSPS) is 15.4. The zero-order chi connectivity index (χ0) is 19.1. The van der Waals surface area contributed by atoms with E-state index in [2.05, 4.69) is 22.8 Å². The van der Waals surface area contributed by atoms with Crippen LogP contribution in [0.15, 0.2) is 48.5 Å². The molecule has 0 bridgehead atoms. The highest BCUT2D eigenvalue weighted by atomic mass is 16.5. The number of rotatable bonds is 7. The van der Waals surface area contributed by atoms with Crippen LogP contribution in [0.4, 0.5) is 0 Å². The van der Waals surface area contributed by atoms with Crippen molar-refractivity contribution in [3.8, 4) is 11.5 Å². The molecule has 6 nitrogen and oxygen atoms in total. The van der Waals surface area contributed by atoms with Gasteiger partial charge < -0.3 is 20.1 Å². The van der Waals surface area contributed by atoms with Crippen LogP contribution in [-0.4, -0.2) is 32.1 Å². The number of benzene rings is 2. The lowest BCUT2D eigenvalue weighted by Crippen LogP contribution is -2.40. The summed E-state index contributed by atoms with van der Waals surface area (Å²) in [6.45, 7) is -0.230. The summed E-state index contributed by atoms with van der Waals surface area (Å²) in [7, 11) is 1.56. The number of nitrogens with one attached hydrogen (secondary N) is 2. The molecule has 2 aromatic carbocycles. The molecule has 1 unspecified atom stereocenters. The molecule has 0 radical (unpaired) electrons. The first-order valence-electron chi connectivity index (χ1n) is 9.06. The molecule has 2 N–H and O–H groups in total. The molecule has 0 fully saturated rings. The van der Waals surface area contributed by atoms with Crippen molar-refractivity contribution in [1.29, 1.82) is 0 Å². The number of aryl methyl sites for hydroxylation is 1. The molecular weight excluding hydrogens is 344 g/mol. The van der Waals surface area contributed by atoms with Gasteiger partial charge in [0.2, 0.25) is 5.91 Å². The summed E-state index contributed by atoms with van der Waals surface area (Å²) in [5, 5.41) is 5.60. The first-order valence-corrected chi connectivity index (χ1v) is 9.06. The van der Waals surface area contributed by atoms with E-state index in [9.17, 15) is 9.59 Å². The second kappa shape index (κ2) is 9.07. The average Bonchev–Trinajstić information content (AvgIpc) is 2.71. The standard InChI is InChI=1S/C21H24N2O4/c1-26-16-8-5-9-17(12-16)27-14-21(25)22-13-20(24)23-19-11-4-7-15-6-2-3-10-18(15)19/h2-3,5-6,8-10,12,19H,4,7,11,13-14H2,1H3,(H,22,25)(H,23,24). The van der Waals surface area contributed by atoms with Crippen LogP contribution < -0.4 is 20.1 Å². The van der Waals surface area contributed by atoms with Crippen LogP contribution in [0.5, 0.6) is 11.5 Å². The SMILES string of the molecule is COc1cccc(OCC(=O)NCC(=O)NC2CCCc3ccccc32)c1. The van der Waals surface area contributed by atoms with Crippen LogP contribution in [-0.2, 0) is 16.0 Å². The third-order valence-corrected chi connectivity index (χ3v) is 4.56. The maximum Gasteiger partial charge on any atom is 0.258 e. The number of carbonyl (C=O) groups excluding carboxylic acids is 2. The summed E-state index contributed by atoms with van der Waals surface area (Å²) in [5.41, 5.74) is 2.45. The van der Waals surface area contributed by atoms with Crippen molar-refractivity contribution >= 4 is 11.8 Å². The van der Waals surface area contributed by atoms with Gasteiger partial charge in [0.15, 0.2) is 6.61 Å². The molecule has 2 amide bonds. The molecule has 0 heterocycles. The van der Waals surface area contributed by atoms with Gasteiger partial charge in [0.05, 0.1) is 19.7 Å². The number of hydrogen-bond acceptors (Lipinski definition) is 4. The van der Waals surface area contributed by atoms with Gasteiger partial charge in [-0.15, -0.1) is 0 Å². The van der Waals surface area contributed by atoms with Gasteiger partial charge in [0.1, 0.15) is 11.5 Å². The Labute approximate surface area is 158 Å². The van der Waals surface area contributed by atoms with Gasteiger partial charge in [-0.1, -0.05) is 30.3 Å². The Bertz CT molecular complexity index is 806. The quantitative estimate of drug-likeness (QED) is 0.787. The molecule has 1 aliphatic rings. The van der Waals surface area contributed by atoms with Crippen LogP contribution in [0.25, 0.3) is 0 Å². The molecule has 0 aromatic heterocycles. The number of amides is 2. The minimum absolute atomic E-state index is 0.00684. The predicted octanol–water partition coefficient (Wildman–Crippen LogP) is 2.38. The third-order valence-electron chi connectivity index (χ3n) is 4.56. The smallest absolute Gasteiger partial charge is 0.258 e. The number of fused-ring (bicyclic) bond motifs is 1. The second-order valence-electron chi connectivity index (χ2n) is 6.46. The fourth-order valence-corrected chi connectivity index (χ4v) is 3.22. The van der Waals surface area contributed by atoms with Crippen LogP contribution in [0.2, 0.25) is 0 Å². The fourth-order valence-electron chi connectivity index (χ4n) is 3.22. The van der Waals surface area contributed by atoms with Crippen LogP contribution in [0, 0.1) is 0 Å². The van der Waals surface area contributed by atoms with Crippen LogP contribution in [0.1, 0.15) is 30.0 Å². The highest BCUT2D eigenvalue weighted by Crippen LogP contribution is 2.29. The summed E-state index contributed by atoms with van der Waals surface area (Å²) in [6.07, 6.45) is 3.00. The summed E-state index contributed by atoms with van der Waals surface area (Å²) < 4.78 is 10.5. The molecule has 3 rings (SSSR count). The average molecular weight is 368 g/mol. The lowest BCUT2D eigenvalue weighted by Gasteiger charge is -2.26. The highest BCUT2D eigenvalue weighted by molar-refractivity contribution is 5.85. The molecule has 142 valence electrons. The van der Waals surface area contributed by atoms with Crippen molar-refractivity contribution < 1.29 is 19.1 Å². The molecule has 1 aliphatic carbocycles. The predicted molar refractivity (Wildman–Crippen MR) is 102 cm³/mol. The summed E-state index contributed by atoms with van der Waals surface area (Å²) in [5.74, 6) is 0.635. The van der Waals surface area contributed by atoms with E-state index in [0.717, 1.165) is 19.3 Å². The molecule has 0 aliphatic heterocycles. The minimum Gasteiger partial charge on any atom is -0.497 e. The molecule has 6 heteroatoms. The number of ether oxygens (including phenoxy) is 2. The topological polar surface area (TPSA) is 76.7 Å². The van der Waals surface area contributed by atoms with E-state index < -0.39 is 0 Å². The van der Waals surface area contributed by atoms with Crippen molar-refractivity contribution in [2.45, 2.75) is 25.3 Å². The Morgan fingerprint density at radius 3 is 2.74 bits per heavy atom. The number of methoxy groups -OCH3 is 1. The lowest BCUT2D eigenvalue weighted by atomic mass is 9.88. The van der Waals surface area contributed by atoms with Crippen molar-refractivity contribution in [1.82, 2.24) is 10.6 Å². The van der Waals surface area contributed by atoms with E-state index in [-0.39, 0.29) is 31.0 Å². The Hall–Kier alpha value is -3.02. The first kappa shape index (κ1) is 18.8. The molecule has 0 spiro atoms. The second-order valence-corrected chi connectivity index (χ2v) is 6.46. The fraction of sp³-hybridized carbons (Fsp3) is 0.333. The van der Waals surface area contributed by atoms with Gasteiger partial charge in [-0.05, 0) is 42.5 Å². The van der Waals surface area contributed by atoms with Crippen molar-refractivity contribution in [2.24, 2.45) is 0 Å². The van der Waals surface area contributed by atoms with Gasteiger partial charge in [-0.3, -0.25) is 9.59 Å². The van der Waals surface area contributed by atoms with E-state index in [1.165, 1.54) is 11.1 Å². The Kier molecular flexibility index (Phi) is 6.30. The Balaban J connectivity index is 1.43. The van der Waals surface area contributed by atoms with Gasteiger partial charge >= 0.3 is 0 Å². The highest BCUT2D eigenvalue weighted by Gasteiger charge is 2.21. The number of hydrogen-bond donors (Lipinski definition) is 2. The van der Waals surface area contributed by atoms with Gasteiger partial charge in [-0.2, -0.15) is 0 Å². The Morgan fingerprint density at radius 2 is 1.89 bits per heavy atom. The van der Waals surface area contributed by atoms with Gasteiger partial charge in [0.25, 0.3) is 5.91 Å². The molecule has 27 heavy (non-hydrogen) atoms. The van der Waals surface area contributed by atoms with E-state index in [1.807, 2.05) is 12.1 Å². The van der Waals surface area contributed by atoms with E-state index in [1.54, 1.807) is 31.4 Å². The lowest BCUT2D eigenvalue weighted by molar-refractivity contribution is -0.127. The van der Waals surface area contributed by atoms with E-state index >= 15 is 0 Å². The minimum atomic E-state index is -0.350. The zero-order valence-corrected chi connectivity index (χ0v) is 15.4. The van der Waals surface area contributed by atoms with E-state index in [0.29, 0.717) is 11.5 Å². The number of carbonyl (C=O) groups is 2. The van der Waals surface area contributed by atoms with Crippen molar-refractivity contribution in [3.63, 3.8) is 0 Å². The molecule has 1 atom stereocenters. The summed E-state index contributed by atoms with van der Waals surface area (Å²) in [4.78, 5) is 24.1. The third kappa shape index (κ3) is 5.23. The molecule has 0 saturated carbocycles. The molecular formula is C21H24N2O4. The summed E-state index contributed by atoms with van der Waals surface area (Å²) >= 11 is 0. The van der Waals surface area contributed by atoms with Crippen LogP contribution in [0.3, 0.4) is 0 Å². The van der Waals surface area contributed by atoms with Crippen LogP contribution >= 0.6 is 0 Å².